The zero-order valence-electron chi connectivity index (χ0n) is 10.5. The second-order valence-corrected chi connectivity index (χ2v) is 3.88. The number of nitrogens with zero attached hydrogens (tertiary/aromatic N) is 2. The third-order valence-electron chi connectivity index (χ3n) is 2.76. The van der Waals surface area contributed by atoms with Crippen LogP contribution in [-0.2, 0) is 0 Å². The van der Waals surface area contributed by atoms with Gasteiger partial charge in [0.15, 0.2) is 0 Å². The molecule has 3 N–H and O–H groups in total. The highest BCUT2D eigenvalue weighted by molar-refractivity contribution is 5.86. The molecular formula is C14H16N4. The molecule has 1 aromatic carbocycles. The van der Waals surface area contributed by atoms with E-state index in [0.717, 1.165) is 28.1 Å². The SMILES string of the molecule is CC=C(c1cncnc1)c1cc(N)ccc1NC. The Labute approximate surface area is 107 Å². The Bertz CT molecular complexity index is 561. The van der Waals surface area contributed by atoms with E-state index in [2.05, 4.69) is 15.3 Å². The van der Waals surface area contributed by atoms with Gasteiger partial charge in [-0.05, 0) is 30.7 Å². The molecule has 18 heavy (non-hydrogen) atoms. The number of aromatic nitrogens is 2. The second-order valence-electron chi connectivity index (χ2n) is 3.88. The summed E-state index contributed by atoms with van der Waals surface area (Å²) >= 11 is 0. The lowest BCUT2D eigenvalue weighted by molar-refractivity contribution is 1.15. The van der Waals surface area contributed by atoms with Crippen molar-refractivity contribution in [2.75, 3.05) is 18.1 Å². The summed E-state index contributed by atoms with van der Waals surface area (Å²) in [5.41, 5.74) is 10.7. The number of rotatable bonds is 3. The Hall–Kier alpha value is -2.36. The van der Waals surface area contributed by atoms with Crippen molar-refractivity contribution in [3.63, 3.8) is 0 Å². The predicted molar refractivity (Wildman–Crippen MR) is 75.2 cm³/mol. The Morgan fingerprint density at radius 2 is 2.00 bits per heavy atom. The molecule has 0 amide bonds. The number of hydrogen-bond acceptors (Lipinski definition) is 4. The van der Waals surface area contributed by atoms with Gasteiger partial charge in [0.25, 0.3) is 0 Å². The van der Waals surface area contributed by atoms with Gasteiger partial charge in [0.2, 0.25) is 0 Å². The van der Waals surface area contributed by atoms with Crippen LogP contribution >= 0.6 is 0 Å². The minimum Gasteiger partial charge on any atom is -0.399 e. The Morgan fingerprint density at radius 3 is 2.61 bits per heavy atom. The highest BCUT2D eigenvalue weighted by Gasteiger charge is 2.09. The lowest BCUT2D eigenvalue weighted by Gasteiger charge is -2.13. The molecule has 0 atom stereocenters. The minimum absolute atomic E-state index is 0.736. The van der Waals surface area contributed by atoms with Gasteiger partial charge >= 0.3 is 0 Å². The fourth-order valence-corrected chi connectivity index (χ4v) is 1.92. The third-order valence-corrected chi connectivity index (χ3v) is 2.76. The molecule has 4 heteroatoms. The van der Waals surface area contributed by atoms with Crippen LogP contribution in [0.2, 0.25) is 0 Å². The van der Waals surface area contributed by atoms with Crippen LogP contribution in [-0.4, -0.2) is 17.0 Å². The van der Waals surface area contributed by atoms with Gasteiger partial charge < -0.3 is 11.1 Å². The first kappa shape index (κ1) is 12.1. The molecule has 92 valence electrons. The Kier molecular flexibility index (Phi) is 3.57. The third kappa shape index (κ3) is 2.32. The van der Waals surface area contributed by atoms with Crippen molar-refractivity contribution in [2.24, 2.45) is 0 Å². The number of nitrogen functional groups attached to an aromatic ring is 1. The largest absolute Gasteiger partial charge is 0.399 e. The predicted octanol–water partition coefficient (Wildman–Crippen LogP) is 2.55. The van der Waals surface area contributed by atoms with Gasteiger partial charge in [-0.1, -0.05) is 6.08 Å². The number of nitrogens with one attached hydrogen (secondary N) is 1. The van der Waals surface area contributed by atoms with Crippen LogP contribution in [0.1, 0.15) is 18.1 Å². The summed E-state index contributed by atoms with van der Waals surface area (Å²) in [5, 5.41) is 3.17. The van der Waals surface area contributed by atoms with E-state index in [0.29, 0.717) is 0 Å². The zero-order chi connectivity index (χ0) is 13.0. The summed E-state index contributed by atoms with van der Waals surface area (Å²) in [7, 11) is 1.89. The molecule has 0 saturated heterocycles. The molecule has 0 aliphatic heterocycles. The van der Waals surface area contributed by atoms with Gasteiger partial charge in [0.1, 0.15) is 6.33 Å². The minimum atomic E-state index is 0.736. The zero-order valence-corrected chi connectivity index (χ0v) is 10.5. The van der Waals surface area contributed by atoms with Gasteiger partial charge in [-0.15, -0.1) is 0 Å². The second kappa shape index (κ2) is 5.31. The fourth-order valence-electron chi connectivity index (χ4n) is 1.92. The van der Waals surface area contributed by atoms with E-state index >= 15 is 0 Å². The van der Waals surface area contributed by atoms with Crippen LogP contribution in [0.25, 0.3) is 5.57 Å². The first-order chi connectivity index (χ1) is 8.76. The van der Waals surface area contributed by atoms with Gasteiger partial charge in [0, 0.05) is 41.9 Å². The summed E-state index contributed by atoms with van der Waals surface area (Å²) in [6, 6.07) is 5.80. The van der Waals surface area contributed by atoms with Gasteiger partial charge in [-0.25, -0.2) is 9.97 Å². The summed E-state index contributed by atoms with van der Waals surface area (Å²) in [6.07, 6.45) is 7.15. The van der Waals surface area contributed by atoms with E-state index in [4.69, 9.17) is 5.73 Å². The monoisotopic (exact) mass is 240 g/mol. The molecule has 0 spiro atoms. The number of anilines is 2. The van der Waals surface area contributed by atoms with Gasteiger partial charge in [-0.2, -0.15) is 0 Å². The van der Waals surface area contributed by atoms with E-state index in [1.807, 2.05) is 38.2 Å². The Balaban J connectivity index is 2.56. The van der Waals surface area contributed by atoms with Crippen molar-refractivity contribution in [3.8, 4) is 0 Å². The number of hydrogen-bond donors (Lipinski definition) is 2. The first-order valence-corrected chi connectivity index (χ1v) is 5.75. The standard InChI is InChI=1S/C14H16N4/c1-3-12(10-7-17-9-18-8-10)13-6-11(15)4-5-14(13)16-2/h3-9,16H,15H2,1-2H3. The lowest BCUT2D eigenvalue weighted by atomic mass is 9.98. The molecule has 1 aromatic heterocycles. The van der Waals surface area contributed by atoms with E-state index in [1.54, 1.807) is 12.4 Å². The van der Waals surface area contributed by atoms with Crippen LogP contribution in [0.5, 0.6) is 0 Å². The van der Waals surface area contributed by atoms with E-state index in [9.17, 15) is 0 Å². The van der Waals surface area contributed by atoms with Crippen LogP contribution in [0.3, 0.4) is 0 Å². The summed E-state index contributed by atoms with van der Waals surface area (Å²) in [4.78, 5) is 8.11. The van der Waals surface area contributed by atoms with Gasteiger partial charge in [-0.3, -0.25) is 0 Å². The first-order valence-electron chi connectivity index (χ1n) is 5.75. The lowest BCUT2D eigenvalue weighted by Crippen LogP contribution is -1.98. The summed E-state index contributed by atoms with van der Waals surface area (Å²) in [6.45, 7) is 1.99. The Morgan fingerprint density at radius 1 is 1.28 bits per heavy atom. The molecule has 0 unspecified atom stereocenters. The smallest absolute Gasteiger partial charge is 0.115 e. The maximum atomic E-state index is 5.87. The molecule has 0 fully saturated rings. The quantitative estimate of drug-likeness (QED) is 0.809. The maximum Gasteiger partial charge on any atom is 0.115 e. The number of benzene rings is 1. The van der Waals surface area contributed by atoms with Crippen LogP contribution in [0, 0.1) is 0 Å². The van der Waals surface area contributed by atoms with Crippen LogP contribution in [0.4, 0.5) is 11.4 Å². The van der Waals surface area contributed by atoms with E-state index < -0.39 is 0 Å². The molecule has 0 radical (unpaired) electrons. The van der Waals surface area contributed by atoms with E-state index in [-0.39, 0.29) is 0 Å². The molecule has 4 nitrogen and oxygen atoms in total. The summed E-state index contributed by atoms with van der Waals surface area (Å²) in [5.74, 6) is 0. The van der Waals surface area contributed by atoms with Crippen molar-refractivity contribution in [1.82, 2.24) is 9.97 Å². The van der Waals surface area contributed by atoms with Crippen molar-refractivity contribution in [2.45, 2.75) is 6.92 Å². The van der Waals surface area contributed by atoms with Crippen molar-refractivity contribution < 1.29 is 0 Å². The average Bonchev–Trinajstić information content (AvgIpc) is 2.41. The molecule has 0 aliphatic rings. The molecule has 1 heterocycles. The number of allylic oxidation sites excluding steroid dienone is 1. The number of nitrogens with two attached hydrogens (primary N) is 1. The maximum absolute atomic E-state index is 5.87. The van der Waals surface area contributed by atoms with Gasteiger partial charge in [0.05, 0.1) is 0 Å². The van der Waals surface area contributed by atoms with Crippen molar-refractivity contribution in [3.05, 3.63) is 54.1 Å². The average molecular weight is 240 g/mol. The van der Waals surface area contributed by atoms with Crippen molar-refractivity contribution in [1.29, 1.82) is 0 Å². The molecule has 0 saturated carbocycles. The topological polar surface area (TPSA) is 63.8 Å². The molecule has 2 aromatic rings. The summed E-state index contributed by atoms with van der Waals surface area (Å²) < 4.78 is 0. The molecule has 0 aliphatic carbocycles. The molecular weight excluding hydrogens is 224 g/mol. The highest BCUT2D eigenvalue weighted by Crippen LogP contribution is 2.30. The van der Waals surface area contributed by atoms with Crippen LogP contribution in [0.15, 0.2) is 43.0 Å². The highest BCUT2D eigenvalue weighted by atomic mass is 14.8. The van der Waals surface area contributed by atoms with Crippen molar-refractivity contribution >= 4 is 16.9 Å². The molecule has 0 bridgehead atoms. The van der Waals surface area contributed by atoms with E-state index in [1.165, 1.54) is 6.33 Å². The van der Waals surface area contributed by atoms with Crippen LogP contribution < -0.4 is 11.1 Å². The normalized spacial score (nSPS) is 11.3. The fraction of sp³-hybridized carbons (Fsp3) is 0.143. The molecule has 2 rings (SSSR count).